The molecule has 2 N–H and O–H groups in total. The van der Waals surface area contributed by atoms with Gasteiger partial charge >= 0.3 is 6.09 Å². The molecule has 1 heterocycles. The van der Waals surface area contributed by atoms with Gasteiger partial charge in [-0.3, -0.25) is 0 Å². The van der Waals surface area contributed by atoms with Crippen molar-refractivity contribution in [2.45, 2.75) is 54.2 Å². The third-order valence-corrected chi connectivity index (χ3v) is 6.00. The smallest absolute Gasteiger partial charge is 0.407 e. The molecule has 170 valence electrons. The maximum Gasteiger partial charge on any atom is 0.407 e. The number of alkyl carbamates (subject to hydrolysis) is 1. The van der Waals surface area contributed by atoms with Crippen molar-refractivity contribution in [3.63, 3.8) is 0 Å². The molecule has 0 aliphatic heterocycles. The first-order valence-corrected chi connectivity index (χ1v) is 11.3. The van der Waals surface area contributed by atoms with Crippen LogP contribution in [0.4, 0.5) is 16.2 Å². The highest BCUT2D eigenvalue weighted by Crippen LogP contribution is 2.35. The van der Waals surface area contributed by atoms with Gasteiger partial charge in [-0.1, -0.05) is 12.1 Å². The van der Waals surface area contributed by atoms with Crippen molar-refractivity contribution in [2.75, 3.05) is 5.32 Å². The van der Waals surface area contributed by atoms with E-state index < -0.39 is 6.09 Å². The Labute approximate surface area is 195 Å². The number of aromatic nitrogens is 1. The van der Waals surface area contributed by atoms with Crippen LogP contribution < -0.4 is 10.6 Å². The summed E-state index contributed by atoms with van der Waals surface area (Å²) in [6.07, 6.45) is -0.404. The Hall–Kier alpha value is -3.60. The van der Waals surface area contributed by atoms with Crippen LogP contribution in [0.2, 0.25) is 0 Å². The molecule has 0 aliphatic rings. The minimum atomic E-state index is -0.404. The summed E-state index contributed by atoms with van der Waals surface area (Å²) in [6.45, 7) is 12.5. The maximum absolute atomic E-state index is 11.7. The van der Waals surface area contributed by atoms with Crippen LogP contribution in [0.1, 0.15) is 41.7 Å². The molecule has 0 atom stereocenters. The Balaban J connectivity index is 1.69. The molecule has 1 aromatic heterocycles. The Morgan fingerprint density at radius 2 is 1.36 bits per heavy atom. The molecule has 0 saturated heterocycles. The number of carbonyl (C=O) groups excluding carboxylic acids is 1. The van der Waals surface area contributed by atoms with Gasteiger partial charge < -0.3 is 15.4 Å². The van der Waals surface area contributed by atoms with E-state index in [-0.39, 0.29) is 12.6 Å². The Bertz CT molecular complexity index is 1280. The van der Waals surface area contributed by atoms with Crippen LogP contribution in [0, 0.1) is 27.7 Å². The van der Waals surface area contributed by atoms with Crippen LogP contribution in [0.3, 0.4) is 0 Å². The van der Waals surface area contributed by atoms with Gasteiger partial charge in [0, 0.05) is 22.5 Å². The summed E-state index contributed by atoms with van der Waals surface area (Å²) in [6, 6.07) is 16.8. The van der Waals surface area contributed by atoms with Crippen molar-refractivity contribution in [2.24, 2.45) is 0 Å². The number of pyridine rings is 1. The first-order valence-electron chi connectivity index (χ1n) is 11.3. The fraction of sp³-hybridized carbons (Fsp3) is 0.286. The van der Waals surface area contributed by atoms with E-state index in [1.54, 1.807) is 0 Å². The second-order valence-electron chi connectivity index (χ2n) is 9.09. The zero-order chi connectivity index (χ0) is 23.7. The molecule has 0 saturated carbocycles. The highest BCUT2D eigenvalue weighted by atomic mass is 16.5. The highest BCUT2D eigenvalue weighted by molar-refractivity contribution is 6.09. The van der Waals surface area contributed by atoms with E-state index in [9.17, 15) is 4.79 Å². The van der Waals surface area contributed by atoms with Gasteiger partial charge in [0.15, 0.2) is 0 Å². The maximum atomic E-state index is 11.7. The van der Waals surface area contributed by atoms with Crippen molar-refractivity contribution >= 4 is 39.3 Å². The molecular formula is C28H31N3O2. The molecule has 0 fully saturated rings. The van der Waals surface area contributed by atoms with Crippen molar-refractivity contribution in [3.8, 4) is 0 Å². The van der Waals surface area contributed by atoms with Crippen molar-refractivity contribution in [1.29, 1.82) is 0 Å². The van der Waals surface area contributed by atoms with Gasteiger partial charge in [-0.15, -0.1) is 0 Å². The molecule has 4 rings (SSSR count). The Morgan fingerprint density at radius 1 is 0.848 bits per heavy atom. The molecule has 0 radical (unpaired) electrons. The molecule has 5 nitrogen and oxygen atoms in total. The van der Waals surface area contributed by atoms with E-state index in [0.717, 1.165) is 38.7 Å². The number of nitrogens with zero attached hydrogens (tertiary/aromatic N) is 1. The molecule has 3 aromatic carbocycles. The zero-order valence-corrected chi connectivity index (χ0v) is 20.2. The predicted molar refractivity (Wildman–Crippen MR) is 136 cm³/mol. The largest absolute Gasteiger partial charge is 0.445 e. The number of hydrogen-bond donors (Lipinski definition) is 2. The molecule has 4 aromatic rings. The first-order chi connectivity index (χ1) is 15.7. The SMILES string of the molecule is Cc1cc2nc3cc(C)c(C)cc3c(Nc3ccc(COC(=O)NC(C)C)cc3)c2cc1C. The molecule has 5 heteroatoms. The fourth-order valence-corrected chi connectivity index (χ4v) is 3.85. The minimum absolute atomic E-state index is 0.0499. The monoisotopic (exact) mass is 441 g/mol. The van der Waals surface area contributed by atoms with Crippen LogP contribution in [0.25, 0.3) is 21.8 Å². The average Bonchev–Trinajstić information content (AvgIpc) is 2.75. The van der Waals surface area contributed by atoms with Gasteiger partial charge in [0.05, 0.1) is 16.7 Å². The summed E-state index contributed by atoms with van der Waals surface area (Å²) in [5.41, 5.74) is 9.87. The Morgan fingerprint density at radius 3 is 1.88 bits per heavy atom. The number of nitrogens with one attached hydrogen (secondary N) is 2. The van der Waals surface area contributed by atoms with Crippen molar-refractivity contribution < 1.29 is 9.53 Å². The second-order valence-corrected chi connectivity index (χ2v) is 9.09. The number of hydrogen-bond acceptors (Lipinski definition) is 4. The van der Waals surface area contributed by atoms with Crippen molar-refractivity contribution in [3.05, 3.63) is 76.3 Å². The van der Waals surface area contributed by atoms with E-state index >= 15 is 0 Å². The predicted octanol–water partition coefficient (Wildman–Crippen LogP) is 7.00. The number of ether oxygens (including phenoxy) is 1. The number of carbonyl (C=O) groups is 1. The quantitative estimate of drug-likeness (QED) is 0.327. The van der Waals surface area contributed by atoms with E-state index in [1.165, 1.54) is 22.3 Å². The molecule has 0 unspecified atom stereocenters. The summed E-state index contributed by atoms with van der Waals surface area (Å²) < 4.78 is 5.28. The third-order valence-electron chi connectivity index (χ3n) is 6.00. The minimum Gasteiger partial charge on any atom is -0.445 e. The molecular weight excluding hydrogens is 410 g/mol. The number of fused-ring (bicyclic) bond motifs is 2. The van der Waals surface area contributed by atoms with Crippen LogP contribution >= 0.6 is 0 Å². The van der Waals surface area contributed by atoms with E-state index in [1.807, 2.05) is 38.1 Å². The van der Waals surface area contributed by atoms with Gasteiger partial charge in [0.25, 0.3) is 0 Å². The summed E-state index contributed by atoms with van der Waals surface area (Å²) in [7, 11) is 0. The molecule has 0 spiro atoms. The number of amides is 1. The molecule has 0 aliphatic carbocycles. The normalized spacial score (nSPS) is 11.2. The standard InChI is InChI=1S/C28H31N3O2/c1-16(2)29-28(32)33-15-21-7-9-22(10-8-21)30-27-23-11-17(3)19(5)13-25(23)31-26-14-20(6)18(4)12-24(26)27/h7-14,16H,15H2,1-6H3,(H,29,32)(H,30,31). The van der Waals surface area contributed by atoms with Gasteiger partial charge in [0.1, 0.15) is 6.61 Å². The van der Waals surface area contributed by atoms with Crippen molar-refractivity contribution in [1.82, 2.24) is 10.3 Å². The van der Waals surface area contributed by atoms with Crippen LogP contribution in [-0.2, 0) is 11.3 Å². The molecule has 0 bridgehead atoms. The summed E-state index contributed by atoms with van der Waals surface area (Å²) >= 11 is 0. The fourth-order valence-electron chi connectivity index (χ4n) is 3.85. The summed E-state index contributed by atoms with van der Waals surface area (Å²) in [5, 5.41) is 8.58. The van der Waals surface area contributed by atoms with Gasteiger partial charge in [-0.05, 0) is 106 Å². The van der Waals surface area contributed by atoms with Gasteiger partial charge in [0.2, 0.25) is 0 Å². The zero-order valence-electron chi connectivity index (χ0n) is 20.2. The van der Waals surface area contributed by atoms with Gasteiger partial charge in [-0.25, -0.2) is 9.78 Å². The van der Waals surface area contributed by atoms with Gasteiger partial charge in [-0.2, -0.15) is 0 Å². The number of rotatable bonds is 5. The first kappa shape index (κ1) is 22.6. The molecule has 33 heavy (non-hydrogen) atoms. The topological polar surface area (TPSA) is 63.3 Å². The van der Waals surface area contributed by atoms with Crippen LogP contribution in [-0.4, -0.2) is 17.1 Å². The summed E-state index contributed by atoms with van der Waals surface area (Å²) in [5.74, 6) is 0. The second kappa shape index (κ2) is 9.10. The van der Waals surface area contributed by atoms with E-state index in [2.05, 4.69) is 62.6 Å². The number of benzene rings is 3. The van der Waals surface area contributed by atoms with Crippen LogP contribution in [0.15, 0.2) is 48.5 Å². The highest BCUT2D eigenvalue weighted by Gasteiger charge is 2.13. The molecule has 1 amide bonds. The van der Waals surface area contributed by atoms with E-state index in [4.69, 9.17) is 9.72 Å². The average molecular weight is 442 g/mol. The third kappa shape index (κ3) is 4.92. The number of aryl methyl sites for hydroxylation is 4. The Kier molecular flexibility index (Phi) is 6.23. The van der Waals surface area contributed by atoms with Crippen LogP contribution in [0.5, 0.6) is 0 Å². The lowest BCUT2D eigenvalue weighted by Gasteiger charge is -2.16. The lowest BCUT2D eigenvalue weighted by atomic mass is 9.99. The lowest BCUT2D eigenvalue weighted by Crippen LogP contribution is -2.30. The van der Waals surface area contributed by atoms with E-state index in [0.29, 0.717) is 0 Å². The summed E-state index contributed by atoms with van der Waals surface area (Å²) in [4.78, 5) is 16.7. The lowest BCUT2D eigenvalue weighted by molar-refractivity contribution is 0.137. The number of anilines is 2.